The number of ether oxygens (including phenoxy) is 1. The van der Waals surface area contributed by atoms with Gasteiger partial charge in [-0.3, -0.25) is 4.74 Å². The monoisotopic (exact) mass is 238 g/mol. The van der Waals surface area contributed by atoms with Crippen LogP contribution in [0.4, 0.5) is 13.2 Å². The fraction of sp³-hybridized carbons (Fsp3) is 0.667. The summed E-state index contributed by atoms with van der Waals surface area (Å²) in [5, 5.41) is 2.73. The van der Waals surface area contributed by atoms with Gasteiger partial charge in [0, 0.05) is 6.54 Å². The second-order valence-corrected chi connectivity index (χ2v) is 3.22. The van der Waals surface area contributed by atoms with Gasteiger partial charge in [-0.25, -0.2) is 4.98 Å². The van der Waals surface area contributed by atoms with Crippen LogP contribution in [0.2, 0.25) is 0 Å². The van der Waals surface area contributed by atoms with Crippen molar-refractivity contribution in [3.8, 4) is 0 Å². The number of hydrogen-bond donors (Lipinski definition) is 1. The molecule has 0 saturated heterocycles. The molecule has 1 aromatic rings. The number of alkyl halides is 3. The molecule has 0 spiro atoms. The van der Waals surface area contributed by atoms with Crippen LogP contribution >= 0.6 is 0 Å². The second-order valence-electron chi connectivity index (χ2n) is 3.22. The lowest BCUT2D eigenvalue weighted by molar-refractivity contribution is -0.323. The first kappa shape index (κ1) is 13.0. The molecule has 0 atom stereocenters. The van der Waals surface area contributed by atoms with Gasteiger partial charge >= 0.3 is 6.36 Å². The Morgan fingerprint density at radius 3 is 2.56 bits per heavy atom. The van der Waals surface area contributed by atoms with E-state index in [0.29, 0.717) is 11.7 Å². The van der Waals surface area contributed by atoms with Gasteiger partial charge in [0.15, 0.2) is 0 Å². The van der Waals surface area contributed by atoms with Gasteiger partial charge in [0.25, 0.3) is 0 Å². The number of oxazole rings is 1. The fourth-order valence-electron chi connectivity index (χ4n) is 1.05. The van der Waals surface area contributed by atoms with Gasteiger partial charge in [-0.05, 0) is 13.8 Å². The third-order valence-electron chi connectivity index (χ3n) is 1.89. The zero-order chi connectivity index (χ0) is 12.2. The van der Waals surface area contributed by atoms with E-state index in [1.165, 1.54) is 0 Å². The van der Waals surface area contributed by atoms with E-state index >= 15 is 0 Å². The van der Waals surface area contributed by atoms with Gasteiger partial charge in [-0.2, -0.15) is 0 Å². The van der Waals surface area contributed by atoms with Gasteiger partial charge in [0.05, 0.1) is 18.8 Å². The van der Waals surface area contributed by atoms with Crippen LogP contribution in [0.5, 0.6) is 0 Å². The molecular formula is C9H13F3N2O2. The van der Waals surface area contributed by atoms with Crippen molar-refractivity contribution in [1.82, 2.24) is 10.3 Å². The minimum Gasteiger partial charge on any atom is -0.444 e. The Hall–Kier alpha value is -1.08. The van der Waals surface area contributed by atoms with Crippen LogP contribution < -0.4 is 5.32 Å². The van der Waals surface area contributed by atoms with Crippen LogP contribution in [0.25, 0.3) is 0 Å². The third kappa shape index (κ3) is 4.63. The lowest BCUT2D eigenvalue weighted by atomic mass is 10.4. The highest BCUT2D eigenvalue weighted by atomic mass is 19.4. The number of halogens is 3. The Labute approximate surface area is 90.8 Å². The molecule has 0 saturated carbocycles. The highest BCUT2D eigenvalue weighted by molar-refractivity contribution is 5.04. The molecule has 92 valence electrons. The molecule has 7 heteroatoms. The minimum atomic E-state index is -4.57. The van der Waals surface area contributed by atoms with Crippen LogP contribution in [0.1, 0.15) is 17.3 Å². The first-order chi connectivity index (χ1) is 7.38. The maximum atomic E-state index is 11.6. The first-order valence-electron chi connectivity index (χ1n) is 4.73. The summed E-state index contributed by atoms with van der Waals surface area (Å²) in [6, 6.07) is 0. The first-order valence-corrected chi connectivity index (χ1v) is 4.73. The molecule has 4 nitrogen and oxygen atoms in total. The van der Waals surface area contributed by atoms with E-state index < -0.39 is 13.0 Å². The van der Waals surface area contributed by atoms with Gasteiger partial charge in [-0.1, -0.05) is 0 Å². The number of hydrogen-bond acceptors (Lipinski definition) is 4. The number of aromatic nitrogens is 1. The summed E-state index contributed by atoms with van der Waals surface area (Å²) >= 11 is 0. The minimum absolute atomic E-state index is 0.0833. The molecule has 0 radical (unpaired) electrons. The molecule has 0 unspecified atom stereocenters. The summed E-state index contributed by atoms with van der Waals surface area (Å²) in [4.78, 5) is 4.06. The Morgan fingerprint density at radius 2 is 2.06 bits per heavy atom. The summed E-state index contributed by atoms with van der Waals surface area (Å²) < 4.78 is 43.6. The Bertz CT molecular complexity index is 316. The molecule has 0 fully saturated rings. The van der Waals surface area contributed by atoms with Crippen molar-refractivity contribution in [2.24, 2.45) is 0 Å². The van der Waals surface area contributed by atoms with Crippen LogP contribution in [-0.4, -0.2) is 24.5 Å². The van der Waals surface area contributed by atoms with E-state index in [4.69, 9.17) is 4.42 Å². The molecule has 0 aliphatic rings. The number of nitrogens with one attached hydrogen (secondary N) is 1. The predicted molar refractivity (Wildman–Crippen MR) is 49.7 cm³/mol. The van der Waals surface area contributed by atoms with Gasteiger partial charge in [-0.15, -0.1) is 13.2 Å². The quantitative estimate of drug-likeness (QED) is 0.796. The number of nitrogens with zero attached hydrogens (tertiary/aromatic N) is 1. The van der Waals surface area contributed by atoms with Gasteiger partial charge < -0.3 is 9.73 Å². The maximum Gasteiger partial charge on any atom is 0.522 e. The average molecular weight is 238 g/mol. The highest BCUT2D eigenvalue weighted by Gasteiger charge is 2.28. The van der Waals surface area contributed by atoms with Crippen molar-refractivity contribution in [3.05, 3.63) is 17.3 Å². The van der Waals surface area contributed by atoms with E-state index in [1.807, 2.05) is 0 Å². The van der Waals surface area contributed by atoms with Crippen LogP contribution in [0.3, 0.4) is 0 Å². The van der Waals surface area contributed by atoms with E-state index in [2.05, 4.69) is 15.0 Å². The average Bonchev–Trinajstić information content (AvgIpc) is 2.44. The summed E-state index contributed by atoms with van der Waals surface area (Å²) in [5.74, 6) is 1.17. The predicted octanol–water partition coefficient (Wildman–Crippen LogP) is 1.92. The molecule has 0 aromatic carbocycles. The second kappa shape index (κ2) is 5.31. The molecular weight excluding hydrogens is 225 g/mol. The van der Waals surface area contributed by atoms with Crippen molar-refractivity contribution < 1.29 is 22.3 Å². The van der Waals surface area contributed by atoms with Crippen molar-refractivity contribution in [2.45, 2.75) is 26.8 Å². The smallest absolute Gasteiger partial charge is 0.444 e. The molecule has 1 heterocycles. The number of aryl methyl sites for hydroxylation is 2. The van der Waals surface area contributed by atoms with E-state index in [9.17, 15) is 13.2 Å². The molecule has 0 aliphatic carbocycles. The largest absolute Gasteiger partial charge is 0.522 e. The van der Waals surface area contributed by atoms with E-state index in [1.54, 1.807) is 13.8 Å². The summed E-state index contributed by atoms with van der Waals surface area (Å²) in [6.07, 6.45) is -4.57. The summed E-state index contributed by atoms with van der Waals surface area (Å²) in [6.45, 7) is 3.52. The SMILES string of the molecule is Cc1nc(CNCCOC(F)(F)F)oc1C. The van der Waals surface area contributed by atoms with Crippen LogP contribution in [0, 0.1) is 13.8 Å². The molecule has 0 amide bonds. The zero-order valence-corrected chi connectivity index (χ0v) is 9.02. The summed E-state index contributed by atoms with van der Waals surface area (Å²) in [5.41, 5.74) is 0.781. The fourth-order valence-corrected chi connectivity index (χ4v) is 1.05. The van der Waals surface area contributed by atoms with Crippen molar-refractivity contribution in [2.75, 3.05) is 13.2 Å². The normalized spacial score (nSPS) is 12.1. The molecule has 0 bridgehead atoms. The van der Waals surface area contributed by atoms with Gasteiger partial charge in [0.2, 0.25) is 5.89 Å². The molecule has 16 heavy (non-hydrogen) atoms. The van der Waals surface area contributed by atoms with Crippen LogP contribution in [-0.2, 0) is 11.3 Å². The maximum absolute atomic E-state index is 11.6. The van der Waals surface area contributed by atoms with Gasteiger partial charge in [0.1, 0.15) is 5.76 Å². The highest BCUT2D eigenvalue weighted by Crippen LogP contribution is 2.15. The summed E-state index contributed by atoms with van der Waals surface area (Å²) in [7, 11) is 0. The topological polar surface area (TPSA) is 47.3 Å². The number of rotatable bonds is 5. The molecule has 1 rings (SSSR count). The Kier molecular flexibility index (Phi) is 4.31. The zero-order valence-electron chi connectivity index (χ0n) is 9.02. The molecule has 0 aliphatic heterocycles. The van der Waals surface area contributed by atoms with Crippen molar-refractivity contribution in [3.63, 3.8) is 0 Å². The van der Waals surface area contributed by atoms with Crippen LogP contribution in [0.15, 0.2) is 4.42 Å². The van der Waals surface area contributed by atoms with Crippen molar-refractivity contribution >= 4 is 0 Å². The standard InChI is InChI=1S/C9H13F3N2O2/c1-6-7(2)16-8(14-6)5-13-3-4-15-9(10,11)12/h13H,3-5H2,1-2H3. The molecule has 1 N–H and O–H groups in total. The van der Waals surface area contributed by atoms with E-state index in [0.717, 1.165) is 5.69 Å². The van der Waals surface area contributed by atoms with E-state index in [-0.39, 0.29) is 13.1 Å². The lowest BCUT2D eigenvalue weighted by Gasteiger charge is -2.06. The Morgan fingerprint density at radius 1 is 1.38 bits per heavy atom. The Balaban J connectivity index is 2.16. The van der Waals surface area contributed by atoms with Crippen molar-refractivity contribution in [1.29, 1.82) is 0 Å². The molecule has 1 aromatic heterocycles. The lowest BCUT2D eigenvalue weighted by Crippen LogP contribution is -2.24. The third-order valence-corrected chi connectivity index (χ3v) is 1.89.